The molecular formula is C21H26N2O4. The number of hydrogen-bond acceptors (Lipinski definition) is 4. The van der Waals surface area contributed by atoms with E-state index in [2.05, 4.69) is 4.98 Å². The first-order valence-corrected chi connectivity index (χ1v) is 9.28. The highest BCUT2D eigenvalue weighted by atomic mass is 16.5. The number of benzene rings is 1. The first-order chi connectivity index (χ1) is 12.9. The highest BCUT2D eigenvalue weighted by Crippen LogP contribution is 2.27. The van der Waals surface area contributed by atoms with Gasteiger partial charge >= 0.3 is 5.97 Å². The van der Waals surface area contributed by atoms with E-state index in [1.165, 1.54) is 0 Å². The molecule has 6 heteroatoms. The van der Waals surface area contributed by atoms with Gasteiger partial charge in [-0.2, -0.15) is 0 Å². The Morgan fingerprint density at radius 3 is 2.59 bits per heavy atom. The van der Waals surface area contributed by atoms with Crippen LogP contribution in [0.1, 0.15) is 57.6 Å². The van der Waals surface area contributed by atoms with Crippen molar-refractivity contribution >= 4 is 11.9 Å². The Labute approximate surface area is 159 Å². The van der Waals surface area contributed by atoms with Crippen LogP contribution in [0.2, 0.25) is 0 Å². The molecule has 3 rings (SSSR count). The summed E-state index contributed by atoms with van der Waals surface area (Å²) in [4.78, 5) is 30.3. The van der Waals surface area contributed by atoms with Crippen LogP contribution in [0.3, 0.4) is 0 Å². The van der Waals surface area contributed by atoms with Crippen LogP contribution in [0, 0.1) is 13.8 Å². The lowest BCUT2D eigenvalue weighted by atomic mass is 10.1. The van der Waals surface area contributed by atoms with Crippen LogP contribution in [0.5, 0.6) is 0 Å². The molecule has 0 spiro atoms. The van der Waals surface area contributed by atoms with Gasteiger partial charge in [-0.25, -0.2) is 4.79 Å². The number of nitrogens with zero attached hydrogens (tertiary/aromatic N) is 1. The third kappa shape index (κ3) is 3.90. The zero-order valence-corrected chi connectivity index (χ0v) is 16.2. The van der Waals surface area contributed by atoms with Crippen LogP contribution < -0.4 is 0 Å². The zero-order chi connectivity index (χ0) is 19.6. The number of aromatic amines is 1. The van der Waals surface area contributed by atoms with Crippen molar-refractivity contribution in [2.75, 3.05) is 19.7 Å². The van der Waals surface area contributed by atoms with Gasteiger partial charge in [-0.3, -0.25) is 4.79 Å². The summed E-state index contributed by atoms with van der Waals surface area (Å²) >= 11 is 0. The van der Waals surface area contributed by atoms with Crippen molar-refractivity contribution in [3.63, 3.8) is 0 Å². The molecule has 1 aromatic carbocycles. The molecule has 2 atom stereocenters. The van der Waals surface area contributed by atoms with Crippen molar-refractivity contribution in [3.05, 3.63) is 58.4 Å². The number of aryl methyl sites for hydroxylation is 1. The van der Waals surface area contributed by atoms with E-state index >= 15 is 0 Å². The Morgan fingerprint density at radius 2 is 1.93 bits per heavy atom. The molecule has 1 amide bonds. The van der Waals surface area contributed by atoms with Crippen LogP contribution in [-0.4, -0.2) is 47.6 Å². The first-order valence-electron chi connectivity index (χ1n) is 9.28. The summed E-state index contributed by atoms with van der Waals surface area (Å²) in [7, 11) is 0. The van der Waals surface area contributed by atoms with Gasteiger partial charge in [0.25, 0.3) is 5.91 Å². The highest BCUT2D eigenvalue weighted by Gasteiger charge is 2.32. The van der Waals surface area contributed by atoms with Gasteiger partial charge in [0.1, 0.15) is 11.8 Å². The molecule has 0 aliphatic carbocycles. The van der Waals surface area contributed by atoms with Gasteiger partial charge in [0.05, 0.1) is 24.8 Å². The van der Waals surface area contributed by atoms with E-state index < -0.39 is 5.97 Å². The Morgan fingerprint density at radius 1 is 1.22 bits per heavy atom. The summed E-state index contributed by atoms with van der Waals surface area (Å²) in [5, 5.41) is 0. The minimum Gasteiger partial charge on any atom is -0.462 e. The Balaban J connectivity index is 1.85. The van der Waals surface area contributed by atoms with E-state index in [9.17, 15) is 9.59 Å². The van der Waals surface area contributed by atoms with Crippen molar-refractivity contribution in [3.8, 4) is 0 Å². The summed E-state index contributed by atoms with van der Waals surface area (Å²) in [6.45, 7) is 8.57. The number of ether oxygens (including phenoxy) is 2. The van der Waals surface area contributed by atoms with Crippen molar-refractivity contribution in [1.29, 1.82) is 0 Å². The average Bonchev–Trinajstić information content (AvgIpc) is 2.95. The zero-order valence-electron chi connectivity index (χ0n) is 16.2. The molecule has 1 saturated heterocycles. The SMILES string of the molecule is CCOC(=O)c1c(C)[nH]c(C(=O)N2CC(C)OC(c3ccccc3)C2)c1C. The maximum atomic E-state index is 13.2. The van der Waals surface area contributed by atoms with Crippen LogP contribution in [0.15, 0.2) is 30.3 Å². The Bertz CT molecular complexity index is 828. The number of carbonyl (C=O) groups is 2. The summed E-state index contributed by atoms with van der Waals surface area (Å²) < 4.78 is 11.2. The number of morpholine rings is 1. The molecule has 1 fully saturated rings. The van der Waals surface area contributed by atoms with Crippen molar-refractivity contribution in [2.45, 2.75) is 39.9 Å². The second-order valence-corrected chi connectivity index (χ2v) is 6.90. The lowest BCUT2D eigenvalue weighted by Crippen LogP contribution is -2.46. The number of nitrogens with one attached hydrogen (secondary N) is 1. The van der Waals surface area contributed by atoms with E-state index in [1.54, 1.807) is 25.7 Å². The number of esters is 1. The predicted molar refractivity (Wildman–Crippen MR) is 102 cm³/mol. The summed E-state index contributed by atoms with van der Waals surface area (Å²) in [6, 6.07) is 9.91. The minimum absolute atomic E-state index is 0.0752. The normalized spacial score (nSPS) is 19.8. The molecule has 1 aliphatic heterocycles. The van der Waals surface area contributed by atoms with Crippen LogP contribution in [0.4, 0.5) is 0 Å². The maximum absolute atomic E-state index is 13.2. The number of aromatic nitrogens is 1. The average molecular weight is 370 g/mol. The molecule has 0 bridgehead atoms. The number of amides is 1. The fraction of sp³-hybridized carbons (Fsp3) is 0.429. The molecule has 1 aromatic heterocycles. The molecule has 27 heavy (non-hydrogen) atoms. The van der Waals surface area contributed by atoms with Gasteiger partial charge in [0.15, 0.2) is 0 Å². The molecule has 2 aromatic rings. The van der Waals surface area contributed by atoms with Crippen LogP contribution >= 0.6 is 0 Å². The van der Waals surface area contributed by atoms with E-state index in [0.29, 0.717) is 42.2 Å². The van der Waals surface area contributed by atoms with Gasteiger partial charge in [-0.05, 0) is 38.8 Å². The molecule has 2 unspecified atom stereocenters. The summed E-state index contributed by atoms with van der Waals surface area (Å²) in [5.41, 5.74) is 3.22. The molecule has 0 saturated carbocycles. The topological polar surface area (TPSA) is 71.6 Å². The molecule has 1 N–H and O–H groups in total. The Hall–Kier alpha value is -2.60. The molecular weight excluding hydrogens is 344 g/mol. The van der Waals surface area contributed by atoms with Gasteiger partial charge in [0, 0.05) is 12.2 Å². The van der Waals surface area contributed by atoms with Crippen LogP contribution in [-0.2, 0) is 9.47 Å². The van der Waals surface area contributed by atoms with Crippen molar-refractivity contribution < 1.29 is 19.1 Å². The first kappa shape index (κ1) is 19.2. The lowest BCUT2D eigenvalue weighted by Gasteiger charge is -2.37. The molecule has 0 radical (unpaired) electrons. The molecule has 1 aliphatic rings. The second kappa shape index (κ2) is 7.96. The van der Waals surface area contributed by atoms with Gasteiger partial charge in [0.2, 0.25) is 0 Å². The lowest BCUT2D eigenvalue weighted by molar-refractivity contribution is -0.0693. The number of rotatable bonds is 4. The van der Waals surface area contributed by atoms with E-state index in [4.69, 9.17) is 9.47 Å². The Kier molecular flexibility index (Phi) is 5.65. The van der Waals surface area contributed by atoms with Crippen molar-refractivity contribution in [2.24, 2.45) is 0 Å². The van der Waals surface area contributed by atoms with Crippen molar-refractivity contribution in [1.82, 2.24) is 9.88 Å². The maximum Gasteiger partial charge on any atom is 0.340 e. The van der Waals surface area contributed by atoms with E-state index in [0.717, 1.165) is 5.56 Å². The van der Waals surface area contributed by atoms with Crippen LogP contribution in [0.25, 0.3) is 0 Å². The molecule has 144 valence electrons. The standard InChI is InChI=1S/C21H26N2O4/c1-5-26-21(25)18-14(3)19(22-15(18)4)20(24)23-11-13(2)27-17(12-23)16-9-7-6-8-10-16/h6-10,13,17,22H,5,11-12H2,1-4H3. The second-order valence-electron chi connectivity index (χ2n) is 6.90. The van der Waals surface area contributed by atoms with Gasteiger partial charge < -0.3 is 19.4 Å². The smallest absolute Gasteiger partial charge is 0.340 e. The van der Waals surface area contributed by atoms with E-state index in [1.807, 2.05) is 37.3 Å². The summed E-state index contributed by atoms with van der Waals surface area (Å²) in [5.74, 6) is -0.525. The highest BCUT2D eigenvalue weighted by molar-refractivity contribution is 6.00. The van der Waals surface area contributed by atoms with Gasteiger partial charge in [-0.15, -0.1) is 0 Å². The fourth-order valence-corrected chi connectivity index (χ4v) is 3.60. The largest absolute Gasteiger partial charge is 0.462 e. The third-order valence-electron chi connectivity index (χ3n) is 4.85. The minimum atomic E-state index is -0.402. The fourth-order valence-electron chi connectivity index (χ4n) is 3.60. The number of H-pyrrole nitrogens is 1. The summed E-state index contributed by atoms with van der Waals surface area (Å²) in [6.07, 6.45) is -0.242. The monoisotopic (exact) mass is 370 g/mol. The quantitative estimate of drug-likeness (QED) is 0.837. The van der Waals surface area contributed by atoms with Gasteiger partial charge in [-0.1, -0.05) is 30.3 Å². The van der Waals surface area contributed by atoms with E-state index in [-0.39, 0.29) is 18.1 Å². The number of hydrogen-bond donors (Lipinski definition) is 1. The molecule has 2 heterocycles. The third-order valence-corrected chi connectivity index (χ3v) is 4.85. The number of carbonyl (C=O) groups excluding carboxylic acids is 2. The predicted octanol–water partition coefficient (Wildman–Crippen LogP) is 3.41. The molecule has 6 nitrogen and oxygen atoms in total.